The molecule has 0 fully saturated rings. The maximum Gasteiger partial charge on any atom is 0.181 e. The Bertz CT molecular complexity index is 214. The summed E-state index contributed by atoms with van der Waals surface area (Å²) in [5.74, 6) is 0.0390. The van der Waals surface area contributed by atoms with Gasteiger partial charge in [-0.3, -0.25) is 4.79 Å². The number of allylic oxidation sites excluding steroid dienone is 2. The maximum absolute atomic E-state index is 11.1. The van der Waals surface area contributed by atoms with E-state index >= 15 is 0 Å². The summed E-state index contributed by atoms with van der Waals surface area (Å²) in [5, 5.41) is 9.11. The third-order valence-electron chi connectivity index (χ3n) is 1.65. The third kappa shape index (κ3) is 2.02. The summed E-state index contributed by atoms with van der Waals surface area (Å²) in [4.78, 5) is 11.1. The monoisotopic (exact) mass is 152 g/mol. The van der Waals surface area contributed by atoms with E-state index in [1.807, 2.05) is 6.92 Å². The molecule has 1 unspecified atom stereocenters. The van der Waals surface area contributed by atoms with Crippen LogP contribution in [0.25, 0.3) is 0 Å². The van der Waals surface area contributed by atoms with E-state index in [-0.39, 0.29) is 5.78 Å². The molecule has 1 atom stereocenters. The van der Waals surface area contributed by atoms with E-state index < -0.39 is 6.10 Å². The van der Waals surface area contributed by atoms with Crippen LogP contribution in [-0.4, -0.2) is 17.0 Å². The lowest BCUT2D eigenvalue weighted by Crippen LogP contribution is -2.10. The molecule has 11 heavy (non-hydrogen) atoms. The predicted octanol–water partition coefficient (Wildman–Crippen LogP) is 1.21. The van der Waals surface area contributed by atoms with Gasteiger partial charge in [0.25, 0.3) is 0 Å². The van der Waals surface area contributed by atoms with Gasteiger partial charge in [-0.25, -0.2) is 0 Å². The molecule has 0 saturated carbocycles. The van der Waals surface area contributed by atoms with Crippen molar-refractivity contribution in [3.63, 3.8) is 0 Å². The Morgan fingerprint density at radius 3 is 3.00 bits per heavy atom. The summed E-state index contributed by atoms with van der Waals surface area (Å²) in [5.41, 5.74) is 0.738. The second kappa shape index (κ2) is 3.49. The van der Waals surface area contributed by atoms with Gasteiger partial charge in [0.15, 0.2) is 5.78 Å². The van der Waals surface area contributed by atoms with Gasteiger partial charge in [0.05, 0.1) is 6.10 Å². The number of hydrogen-bond acceptors (Lipinski definition) is 2. The molecule has 2 heteroatoms. The van der Waals surface area contributed by atoms with Crippen LogP contribution in [-0.2, 0) is 4.79 Å². The van der Waals surface area contributed by atoms with Gasteiger partial charge < -0.3 is 5.11 Å². The van der Waals surface area contributed by atoms with Crippen molar-refractivity contribution in [2.24, 2.45) is 0 Å². The van der Waals surface area contributed by atoms with Gasteiger partial charge >= 0.3 is 0 Å². The average molecular weight is 152 g/mol. The normalized spacial score (nSPS) is 23.6. The molecule has 0 heterocycles. The van der Waals surface area contributed by atoms with Gasteiger partial charge in [0.2, 0.25) is 0 Å². The van der Waals surface area contributed by atoms with Crippen LogP contribution in [0.15, 0.2) is 23.8 Å². The molecule has 0 saturated heterocycles. The summed E-state index contributed by atoms with van der Waals surface area (Å²) in [7, 11) is 0. The molecule has 1 aliphatic carbocycles. The maximum atomic E-state index is 11.1. The fourth-order valence-corrected chi connectivity index (χ4v) is 1.11. The Hall–Kier alpha value is -0.890. The lowest BCUT2D eigenvalue weighted by atomic mass is 9.99. The quantitative estimate of drug-likeness (QED) is 0.645. The molecule has 0 spiro atoms. The van der Waals surface area contributed by atoms with Crippen molar-refractivity contribution in [1.29, 1.82) is 0 Å². The summed E-state index contributed by atoms with van der Waals surface area (Å²) in [6, 6.07) is 0. The zero-order valence-corrected chi connectivity index (χ0v) is 6.58. The fraction of sp³-hybridized carbons (Fsp3) is 0.444. The number of aliphatic hydroxyl groups excluding tert-OH is 1. The van der Waals surface area contributed by atoms with Crippen LogP contribution < -0.4 is 0 Å². The lowest BCUT2D eigenvalue weighted by molar-refractivity contribution is -0.111. The minimum atomic E-state index is -0.561. The Kier molecular flexibility index (Phi) is 2.60. The average Bonchev–Trinajstić information content (AvgIpc) is 1.98. The molecular weight excluding hydrogens is 140 g/mol. The Morgan fingerprint density at radius 1 is 1.64 bits per heavy atom. The van der Waals surface area contributed by atoms with Gasteiger partial charge in [0.1, 0.15) is 0 Å². The van der Waals surface area contributed by atoms with Crippen LogP contribution in [0.4, 0.5) is 0 Å². The number of aliphatic hydroxyl groups is 1. The molecule has 0 aromatic rings. The van der Waals surface area contributed by atoms with E-state index in [1.54, 1.807) is 6.08 Å². The number of hydrogen-bond donors (Lipinski definition) is 1. The van der Waals surface area contributed by atoms with Crippen LogP contribution >= 0.6 is 0 Å². The van der Waals surface area contributed by atoms with Crippen molar-refractivity contribution in [1.82, 2.24) is 0 Å². The molecule has 1 rings (SSSR count). The summed E-state index contributed by atoms with van der Waals surface area (Å²) in [6.45, 7) is 2.01. The molecule has 0 bridgehead atoms. The minimum Gasteiger partial charge on any atom is -0.385 e. The van der Waals surface area contributed by atoms with Crippen molar-refractivity contribution in [2.75, 3.05) is 0 Å². The van der Waals surface area contributed by atoms with Crippen LogP contribution in [0.1, 0.15) is 19.8 Å². The van der Waals surface area contributed by atoms with Crippen molar-refractivity contribution in [3.05, 3.63) is 23.8 Å². The number of carbonyl (C=O) groups excluding carboxylic acids is 1. The predicted molar refractivity (Wildman–Crippen MR) is 43.1 cm³/mol. The molecular formula is C9H12O2. The Morgan fingerprint density at radius 2 is 2.36 bits per heavy atom. The first-order chi connectivity index (χ1) is 5.24. The van der Waals surface area contributed by atoms with Gasteiger partial charge in [-0.15, -0.1) is 0 Å². The SMILES string of the molecule is CCCC1=CC(O)C=CC1=O. The van der Waals surface area contributed by atoms with Crippen molar-refractivity contribution in [2.45, 2.75) is 25.9 Å². The second-order valence-electron chi connectivity index (χ2n) is 2.66. The summed E-state index contributed by atoms with van der Waals surface area (Å²) in [6.07, 6.45) is 5.70. The zero-order valence-electron chi connectivity index (χ0n) is 6.58. The zero-order chi connectivity index (χ0) is 8.27. The largest absolute Gasteiger partial charge is 0.385 e. The van der Waals surface area contributed by atoms with E-state index in [2.05, 4.69) is 0 Å². The van der Waals surface area contributed by atoms with Gasteiger partial charge in [-0.05, 0) is 30.2 Å². The molecule has 0 radical (unpaired) electrons. The molecule has 0 aromatic heterocycles. The molecule has 1 aliphatic rings. The highest BCUT2D eigenvalue weighted by Crippen LogP contribution is 2.13. The molecule has 0 aromatic carbocycles. The highest BCUT2D eigenvalue weighted by molar-refractivity contribution is 6.04. The van der Waals surface area contributed by atoms with E-state index in [1.165, 1.54) is 12.2 Å². The topological polar surface area (TPSA) is 37.3 Å². The van der Waals surface area contributed by atoms with E-state index in [9.17, 15) is 4.79 Å². The Labute approximate surface area is 66.2 Å². The van der Waals surface area contributed by atoms with Gasteiger partial charge in [0, 0.05) is 0 Å². The highest BCUT2D eigenvalue weighted by atomic mass is 16.3. The third-order valence-corrected chi connectivity index (χ3v) is 1.65. The van der Waals surface area contributed by atoms with Crippen LogP contribution in [0.2, 0.25) is 0 Å². The van der Waals surface area contributed by atoms with Crippen LogP contribution in [0.5, 0.6) is 0 Å². The minimum absolute atomic E-state index is 0.0390. The number of rotatable bonds is 2. The van der Waals surface area contributed by atoms with Crippen LogP contribution in [0, 0.1) is 0 Å². The molecule has 1 N–H and O–H groups in total. The molecule has 0 amide bonds. The van der Waals surface area contributed by atoms with Crippen molar-refractivity contribution >= 4 is 5.78 Å². The van der Waals surface area contributed by atoms with Crippen LogP contribution in [0.3, 0.4) is 0 Å². The molecule has 0 aliphatic heterocycles. The first-order valence-corrected chi connectivity index (χ1v) is 3.85. The lowest BCUT2D eigenvalue weighted by Gasteiger charge is -2.09. The first-order valence-electron chi connectivity index (χ1n) is 3.85. The van der Waals surface area contributed by atoms with Gasteiger partial charge in [-0.2, -0.15) is 0 Å². The fourth-order valence-electron chi connectivity index (χ4n) is 1.11. The highest BCUT2D eigenvalue weighted by Gasteiger charge is 2.11. The van der Waals surface area contributed by atoms with Crippen molar-refractivity contribution < 1.29 is 9.90 Å². The first kappa shape index (κ1) is 8.21. The second-order valence-corrected chi connectivity index (χ2v) is 2.66. The summed E-state index contributed by atoms with van der Waals surface area (Å²) < 4.78 is 0. The van der Waals surface area contributed by atoms with E-state index in [0.717, 1.165) is 18.4 Å². The number of carbonyl (C=O) groups is 1. The number of ketones is 1. The molecule has 60 valence electrons. The standard InChI is InChI=1S/C9H12O2/c1-2-3-7-6-8(10)4-5-9(7)11/h4-6,8,10H,2-3H2,1H3. The smallest absolute Gasteiger partial charge is 0.181 e. The van der Waals surface area contributed by atoms with E-state index in [4.69, 9.17) is 5.11 Å². The van der Waals surface area contributed by atoms with E-state index in [0.29, 0.717) is 0 Å². The Balaban J connectivity index is 2.68. The summed E-state index contributed by atoms with van der Waals surface area (Å²) >= 11 is 0. The molecule has 2 nitrogen and oxygen atoms in total. The van der Waals surface area contributed by atoms with Crippen molar-refractivity contribution in [3.8, 4) is 0 Å². The van der Waals surface area contributed by atoms with Gasteiger partial charge in [-0.1, -0.05) is 13.3 Å².